The van der Waals surface area contributed by atoms with Crippen molar-refractivity contribution >= 4 is 27.4 Å². The molecule has 9 heteroatoms. The lowest BCUT2D eigenvalue weighted by Gasteiger charge is -2.04. The highest BCUT2D eigenvalue weighted by molar-refractivity contribution is 7.85. The first kappa shape index (κ1) is 15.1. The third kappa shape index (κ3) is 5.93. The standard InChI is InChI=1S/C10H12N2O6S/c13-10(2-1-7-19(16,17)18)11-8-3-5-9(6-4-8)12(14)15/h3-6H,1-2,7H2,(H,11,13)(H,16,17,18). The number of carbonyl (C=O) groups is 1. The van der Waals surface area contributed by atoms with E-state index in [1.54, 1.807) is 0 Å². The van der Waals surface area contributed by atoms with E-state index < -0.39 is 26.7 Å². The molecule has 1 rings (SSSR count). The van der Waals surface area contributed by atoms with Gasteiger partial charge in [-0.2, -0.15) is 8.42 Å². The van der Waals surface area contributed by atoms with Crippen LogP contribution in [0.1, 0.15) is 12.8 Å². The number of benzene rings is 1. The van der Waals surface area contributed by atoms with E-state index in [4.69, 9.17) is 4.55 Å². The number of nitrogens with zero attached hydrogens (tertiary/aromatic N) is 1. The SMILES string of the molecule is O=C(CCCS(=O)(=O)O)Nc1ccc([N+](=O)[O-])cc1. The monoisotopic (exact) mass is 288 g/mol. The Morgan fingerprint density at radius 2 is 1.89 bits per heavy atom. The molecule has 0 heterocycles. The zero-order valence-corrected chi connectivity index (χ0v) is 10.6. The van der Waals surface area contributed by atoms with E-state index in [9.17, 15) is 23.3 Å². The molecule has 0 saturated heterocycles. The quantitative estimate of drug-likeness (QED) is 0.460. The minimum absolute atomic E-state index is 0.00233. The third-order valence-corrected chi connectivity index (χ3v) is 2.97. The largest absolute Gasteiger partial charge is 0.326 e. The molecule has 1 aromatic carbocycles. The Balaban J connectivity index is 2.46. The number of hydrogen-bond donors (Lipinski definition) is 2. The van der Waals surface area contributed by atoms with Gasteiger partial charge in [0, 0.05) is 24.2 Å². The van der Waals surface area contributed by atoms with E-state index in [2.05, 4.69) is 5.32 Å². The van der Waals surface area contributed by atoms with Crippen molar-refractivity contribution in [2.75, 3.05) is 11.1 Å². The summed E-state index contributed by atoms with van der Waals surface area (Å²) in [6.07, 6.45) is -0.0750. The van der Waals surface area contributed by atoms with Gasteiger partial charge in [-0.3, -0.25) is 19.5 Å². The summed E-state index contributed by atoms with van der Waals surface area (Å²) >= 11 is 0. The lowest BCUT2D eigenvalue weighted by atomic mass is 10.2. The van der Waals surface area contributed by atoms with Crippen molar-refractivity contribution < 1.29 is 22.7 Å². The van der Waals surface area contributed by atoms with Crippen LogP contribution in [0.2, 0.25) is 0 Å². The van der Waals surface area contributed by atoms with E-state index in [1.807, 2.05) is 0 Å². The van der Waals surface area contributed by atoms with Crippen LogP contribution in [0.4, 0.5) is 11.4 Å². The smallest absolute Gasteiger partial charge is 0.269 e. The average molecular weight is 288 g/mol. The van der Waals surface area contributed by atoms with Crippen molar-refractivity contribution in [1.29, 1.82) is 0 Å². The van der Waals surface area contributed by atoms with Crippen LogP contribution in [0.25, 0.3) is 0 Å². The van der Waals surface area contributed by atoms with E-state index in [0.29, 0.717) is 5.69 Å². The number of non-ortho nitro benzene ring substituents is 1. The zero-order valence-electron chi connectivity index (χ0n) is 9.77. The molecule has 19 heavy (non-hydrogen) atoms. The lowest BCUT2D eigenvalue weighted by Crippen LogP contribution is -2.13. The number of anilines is 1. The van der Waals surface area contributed by atoms with Crippen LogP contribution in [0, 0.1) is 10.1 Å². The topological polar surface area (TPSA) is 127 Å². The molecule has 104 valence electrons. The first-order chi connectivity index (χ1) is 8.78. The summed E-state index contributed by atoms with van der Waals surface area (Å²) in [6, 6.07) is 5.24. The van der Waals surface area contributed by atoms with Crippen molar-refractivity contribution in [3.8, 4) is 0 Å². The Morgan fingerprint density at radius 3 is 2.37 bits per heavy atom. The van der Waals surface area contributed by atoms with Crippen molar-refractivity contribution in [2.45, 2.75) is 12.8 Å². The fraction of sp³-hybridized carbons (Fsp3) is 0.300. The molecule has 1 amide bonds. The van der Waals surface area contributed by atoms with E-state index >= 15 is 0 Å². The van der Waals surface area contributed by atoms with Crippen molar-refractivity contribution in [3.63, 3.8) is 0 Å². The molecule has 0 aliphatic rings. The average Bonchev–Trinajstić information content (AvgIpc) is 2.27. The Bertz CT molecular complexity index is 566. The molecule has 2 N–H and O–H groups in total. The van der Waals surface area contributed by atoms with Crippen LogP contribution in [0.3, 0.4) is 0 Å². The number of nitrogens with one attached hydrogen (secondary N) is 1. The Hall–Kier alpha value is -2.00. The Labute approximate surface area is 109 Å². The summed E-state index contributed by atoms with van der Waals surface area (Å²) in [5, 5.41) is 12.9. The molecule has 0 aliphatic heterocycles. The normalized spacial score (nSPS) is 11.0. The van der Waals surface area contributed by atoms with Crippen LogP contribution in [0.15, 0.2) is 24.3 Å². The molecule has 0 bridgehead atoms. The number of nitro groups is 1. The van der Waals surface area contributed by atoms with Gasteiger partial charge in [-0.15, -0.1) is 0 Å². The second-order valence-electron chi connectivity index (χ2n) is 3.74. The van der Waals surface area contributed by atoms with Gasteiger partial charge in [-0.05, 0) is 18.6 Å². The Kier molecular flexibility index (Phi) is 4.95. The maximum atomic E-state index is 11.4. The van der Waals surface area contributed by atoms with Gasteiger partial charge in [0.15, 0.2) is 0 Å². The van der Waals surface area contributed by atoms with E-state index in [0.717, 1.165) is 0 Å². The molecule has 0 spiro atoms. The fourth-order valence-electron chi connectivity index (χ4n) is 1.31. The second kappa shape index (κ2) is 6.25. The van der Waals surface area contributed by atoms with E-state index in [-0.39, 0.29) is 18.5 Å². The molecule has 8 nitrogen and oxygen atoms in total. The molecule has 0 radical (unpaired) electrons. The summed E-state index contributed by atoms with van der Waals surface area (Å²) in [7, 11) is -4.06. The van der Waals surface area contributed by atoms with Crippen molar-refractivity contribution in [2.24, 2.45) is 0 Å². The number of carbonyl (C=O) groups excluding carboxylic acids is 1. The van der Waals surface area contributed by atoms with Crippen LogP contribution in [-0.2, 0) is 14.9 Å². The van der Waals surface area contributed by atoms with Crippen LogP contribution in [-0.4, -0.2) is 29.6 Å². The van der Waals surface area contributed by atoms with E-state index in [1.165, 1.54) is 24.3 Å². The fourth-order valence-corrected chi connectivity index (χ4v) is 1.81. The molecule has 0 aromatic heterocycles. The predicted octanol–water partition coefficient (Wildman–Crippen LogP) is 1.20. The second-order valence-corrected chi connectivity index (χ2v) is 5.31. The minimum atomic E-state index is -4.06. The van der Waals surface area contributed by atoms with Gasteiger partial charge in [0.05, 0.1) is 10.7 Å². The van der Waals surface area contributed by atoms with Crippen LogP contribution in [0.5, 0.6) is 0 Å². The summed E-state index contributed by atoms with van der Waals surface area (Å²) in [4.78, 5) is 21.2. The molecular weight excluding hydrogens is 276 g/mol. The number of amides is 1. The highest BCUT2D eigenvalue weighted by Gasteiger charge is 2.09. The third-order valence-electron chi connectivity index (χ3n) is 2.17. The maximum absolute atomic E-state index is 11.4. The molecule has 0 fully saturated rings. The number of nitro benzene ring substituents is 1. The van der Waals surface area contributed by atoms with Crippen LogP contribution < -0.4 is 5.32 Å². The van der Waals surface area contributed by atoms with Gasteiger partial charge in [0.25, 0.3) is 15.8 Å². The van der Waals surface area contributed by atoms with Crippen molar-refractivity contribution in [1.82, 2.24) is 0 Å². The van der Waals surface area contributed by atoms with Gasteiger partial charge in [0.1, 0.15) is 0 Å². The highest BCUT2D eigenvalue weighted by Crippen LogP contribution is 2.15. The molecule has 1 aromatic rings. The predicted molar refractivity (Wildman–Crippen MR) is 67.4 cm³/mol. The summed E-state index contributed by atoms with van der Waals surface area (Å²) in [6.45, 7) is 0. The van der Waals surface area contributed by atoms with Gasteiger partial charge in [-0.1, -0.05) is 0 Å². The van der Waals surface area contributed by atoms with Gasteiger partial charge in [0.2, 0.25) is 5.91 Å². The van der Waals surface area contributed by atoms with Gasteiger partial charge < -0.3 is 5.32 Å². The lowest BCUT2D eigenvalue weighted by molar-refractivity contribution is -0.384. The minimum Gasteiger partial charge on any atom is -0.326 e. The first-order valence-electron chi connectivity index (χ1n) is 5.27. The number of rotatable bonds is 6. The molecule has 0 saturated carbocycles. The summed E-state index contributed by atoms with van der Waals surface area (Å²) < 4.78 is 29.3. The highest BCUT2D eigenvalue weighted by atomic mass is 32.2. The maximum Gasteiger partial charge on any atom is 0.269 e. The Morgan fingerprint density at radius 1 is 1.32 bits per heavy atom. The molecule has 0 aliphatic carbocycles. The molecule has 0 atom stereocenters. The van der Waals surface area contributed by atoms with Gasteiger partial charge >= 0.3 is 0 Å². The summed E-state index contributed by atoms with van der Waals surface area (Å²) in [5.74, 6) is -0.918. The zero-order chi connectivity index (χ0) is 14.5. The first-order valence-corrected chi connectivity index (χ1v) is 6.88. The molecular formula is C10H12N2O6S. The van der Waals surface area contributed by atoms with Crippen LogP contribution >= 0.6 is 0 Å². The van der Waals surface area contributed by atoms with Crippen molar-refractivity contribution in [3.05, 3.63) is 34.4 Å². The molecule has 0 unspecified atom stereocenters. The number of hydrogen-bond acceptors (Lipinski definition) is 5. The summed E-state index contributed by atoms with van der Waals surface area (Å²) in [5.41, 5.74) is 0.284. The van der Waals surface area contributed by atoms with Gasteiger partial charge in [-0.25, -0.2) is 0 Å².